The van der Waals surface area contributed by atoms with Crippen LogP contribution in [0.5, 0.6) is 0 Å². The van der Waals surface area contributed by atoms with Gasteiger partial charge < -0.3 is 14.7 Å². The zero-order valence-electron chi connectivity index (χ0n) is 14.8. The van der Waals surface area contributed by atoms with E-state index in [1.807, 2.05) is 25.1 Å². The van der Waals surface area contributed by atoms with Crippen LogP contribution in [0.3, 0.4) is 0 Å². The van der Waals surface area contributed by atoms with E-state index >= 15 is 0 Å². The van der Waals surface area contributed by atoms with E-state index in [2.05, 4.69) is 5.32 Å². The second-order valence-electron chi connectivity index (χ2n) is 6.43. The van der Waals surface area contributed by atoms with Crippen molar-refractivity contribution in [3.63, 3.8) is 0 Å². The highest BCUT2D eigenvalue weighted by Gasteiger charge is 2.29. The molecule has 0 spiro atoms. The van der Waals surface area contributed by atoms with E-state index in [4.69, 9.17) is 23.2 Å². The minimum Gasteiger partial charge on any atom is -0.337 e. The molecule has 26 heavy (non-hydrogen) atoms. The molecule has 0 aromatic heterocycles. The lowest BCUT2D eigenvalue weighted by molar-refractivity contribution is -0.132. The van der Waals surface area contributed by atoms with Gasteiger partial charge in [-0.1, -0.05) is 29.3 Å². The summed E-state index contributed by atoms with van der Waals surface area (Å²) in [6.45, 7) is 1.48. The van der Waals surface area contributed by atoms with E-state index in [0.717, 1.165) is 18.5 Å². The number of hydrogen-bond acceptors (Lipinski definition) is 4. The van der Waals surface area contributed by atoms with Crippen LogP contribution < -0.4 is 5.32 Å². The van der Waals surface area contributed by atoms with Gasteiger partial charge in [0.1, 0.15) is 13.1 Å². The molecule has 7 nitrogen and oxygen atoms in total. The number of imide groups is 1. The smallest absolute Gasteiger partial charge is 0.325 e. The first-order valence-corrected chi connectivity index (χ1v) is 8.97. The number of carbonyl (C=O) groups excluding carboxylic acids is 3. The van der Waals surface area contributed by atoms with E-state index in [1.54, 1.807) is 17.0 Å². The maximum atomic E-state index is 12.7. The molecule has 0 aliphatic carbocycles. The summed E-state index contributed by atoms with van der Waals surface area (Å²) >= 11 is 12.0. The van der Waals surface area contributed by atoms with Gasteiger partial charge in [0, 0.05) is 13.1 Å². The van der Waals surface area contributed by atoms with Gasteiger partial charge in [0.2, 0.25) is 11.8 Å². The molecule has 1 fully saturated rings. The number of benzene rings is 1. The Bertz CT molecular complexity index is 697. The Morgan fingerprint density at radius 2 is 1.92 bits per heavy atom. The number of nitrogens with one attached hydrogen (secondary N) is 1. The molecule has 2 rings (SSSR count). The van der Waals surface area contributed by atoms with Crippen LogP contribution in [0.15, 0.2) is 18.2 Å². The van der Waals surface area contributed by atoms with Crippen molar-refractivity contribution >= 4 is 41.0 Å². The Labute approximate surface area is 162 Å². The SMILES string of the molecule is CN(C)CCCN(Cc1ccc(Cl)c(Cl)c1)C(=O)CN1CC(=O)NC1=O. The van der Waals surface area contributed by atoms with Crippen molar-refractivity contribution in [2.24, 2.45) is 0 Å². The summed E-state index contributed by atoms with van der Waals surface area (Å²) in [4.78, 5) is 40.6. The molecule has 142 valence electrons. The fraction of sp³-hybridized carbons (Fsp3) is 0.471. The third-order valence-electron chi connectivity index (χ3n) is 3.94. The predicted octanol–water partition coefficient (Wildman–Crippen LogP) is 1.83. The van der Waals surface area contributed by atoms with Crippen LogP contribution in [-0.4, -0.2) is 72.8 Å². The molecule has 0 saturated carbocycles. The van der Waals surface area contributed by atoms with Crippen LogP contribution in [0.1, 0.15) is 12.0 Å². The van der Waals surface area contributed by atoms with E-state index in [0.29, 0.717) is 23.1 Å². The summed E-state index contributed by atoms with van der Waals surface area (Å²) in [5.74, 6) is -0.619. The van der Waals surface area contributed by atoms with Gasteiger partial charge in [0.15, 0.2) is 0 Å². The van der Waals surface area contributed by atoms with Gasteiger partial charge in [-0.25, -0.2) is 4.79 Å². The molecule has 1 aromatic rings. The van der Waals surface area contributed by atoms with Crippen molar-refractivity contribution in [3.05, 3.63) is 33.8 Å². The molecule has 1 N–H and O–H groups in total. The lowest BCUT2D eigenvalue weighted by Crippen LogP contribution is -2.42. The zero-order chi connectivity index (χ0) is 19.3. The predicted molar refractivity (Wildman–Crippen MR) is 100 cm³/mol. The van der Waals surface area contributed by atoms with Crippen molar-refractivity contribution in [1.29, 1.82) is 0 Å². The highest BCUT2D eigenvalue weighted by atomic mass is 35.5. The molecule has 0 unspecified atom stereocenters. The average Bonchev–Trinajstić information content (AvgIpc) is 2.87. The zero-order valence-corrected chi connectivity index (χ0v) is 16.3. The molecule has 1 aliphatic rings. The number of nitrogens with zero attached hydrogens (tertiary/aromatic N) is 3. The summed E-state index contributed by atoms with van der Waals surface area (Å²) in [6.07, 6.45) is 0.783. The molecule has 9 heteroatoms. The second kappa shape index (κ2) is 9.21. The van der Waals surface area contributed by atoms with Crippen LogP contribution in [0.25, 0.3) is 0 Å². The summed E-state index contributed by atoms with van der Waals surface area (Å²) in [7, 11) is 3.93. The Hall–Kier alpha value is -1.83. The fourth-order valence-corrected chi connectivity index (χ4v) is 2.92. The summed E-state index contributed by atoms with van der Waals surface area (Å²) in [5, 5.41) is 3.05. The molecular weight excluding hydrogens is 379 g/mol. The van der Waals surface area contributed by atoms with Gasteiger partial charge in [0.25, 0.3) is 0 Å². The highest BCUT2D eigenvalue weighted by molar-refractivity contribution is 6.42. The first-order valence-electron chi connectivity index (χ1n) is 8.21. The molecule has 4 amide bonds. The Morgan fingerprint density at radius 1 is 1.19 bits per heavy atom. The lowest BCUT2D eigenvalue weighted by Gasteiger charge is -2.26. The standard InChI is InChI=1S/C17H22Cl2N4O3/c1-21(2)6-3-7-22(9-12-4-5-13(18)14(19)8-12)16(25)11-23-10-15(24)20-17(23)26/h4-5,8H,3,6-7,9-11H2,1-2H3,(H,20,24,26). The number of carbonyl (C=O) groups is 3. The molecule has 0 bridgehead atoms. The minimum absolute atomic E-state index is 0.0944. The number of rotatable bonds is 8. The molecule has 0 atom stereocenters. The monoisotopic (exact) mass is 400 g/mol. The second-order valence-corrected chi connectivity index (χ2v) is 7.24. The first-order chi connectivity index (χ1) is 12.3. The molecular formula is C17H22Cl2N4O3. The van der Waals surface area contributed by atoms with E-state index in [1.165, 1.54) is 4.90 Å². The van der Waals surface area contributed by atoms with Crippen molar-refractivity contribution in [2.75, 3.05) is 40.3 Å². The quantitative estimate of drug-likeness (QED) is 0.675. The lowest BCUT2D eigenvalue weighted by atomic mass is 10.2. The Kier molecular flexibility index (Phi) is 7.25. The highest BCUT2D eigenvalue weighted by Crippen LogP contribution is 2.23. The van der Waals surface area contributed by atoms with Gasteiger partial charge >= 0.3 is 6.03 Å². The number of hydrogen-bond donors (Lipinski definition) is 1. The third-order valence-corrected chi connectivity index (χ3v) is 4.68. The van der Waals surface area contributed by atoms with Gasteiger partial charge in [-0.2, -0.15) is 0 Å². The average molecular weight is 401 g/mol. The largest absolute Gasteiger partial charge is 0.337 e. The van der Waals surface area contributed by atoms with E-state index in [-0.39, 0.29) is 19.0 Å². The fourth-order valence-electron chi connectivity index (χ4n) is 2.60. The van der Waals surface area contributed by atoms with Crippen molar-refractivity contribution in [2.45, 2.75) is 13.0 Å². The normalized spacial score (nSPS) is 14.1. The molecule has 1 aromatic carbocycles. The van der Waals surface area contributed by atoms with Crippen LogP contribution in [0.4, 0.5) is 4.79 Å². The van der Waals surface area contributed by atoms with Crippen molar-refractivity contribution in [3.8, 4) is 0 Å². The number of halogens is 2. The van der Waals surface area contributed by atoms with Crippen LogP contribution in [0, 0.1) is 0 Å². The third kappa shape index (κ3) is 5.86. The van der Waals surface area contributed by atoms with Gasteiger partial charge in [-0.05, 0) is 44.8 Å². The number of amides is 4. The maximum Gasteiger partial charge on any atom is 0.325 e. The Balaban J connectivity index is 2.06. The van der Waals surface area contributed by atoms with Crippen molar-refractivity contribution in [1.82, 2.24) is 20.0 Å². The molecule has 1 saturated heterocycles. The van der Waals surface area contributed by atoms with Crippen LogP contribution in [-0.2, 0) is 16.1 Å². The summed E-state index contributed by atoms with van der Waals surface area (Å²) in [5.41, 5.74) is 0.847. The van der Waals surface area contributed by atoms with E-state index in [9.17, 15) is 14.4 Å². The molecule has 1 aliphatic heterocycles. The van der Waals surface area contributed by atoms with Crippen molar-refractivity contribution < 1.29 is 14.4 Å². The Morgan fingerprint density at radius 3 is 2.50 bits per heavy atom. The summed E-state index contributed by atoms with van der Waals surface area (Å²) < 4.78 is 0. The van der Waals surface area contributed by atoms with Gasteiger partial charge in [-0.15, -0.1) is 0 Å². The topological polar surface area (TPSA) is 73.0 Å². The van der Waals surface area contributed by atoms with Gasteiger partial charge in [0.05, 0.1) is 10.0 Å². The van der Waals surface area contributed by atoms with Crippen LogP contribution >= 0.6 is 23.2 Å². The molecule has 0 radical (unpaired) electrons. The molecule has 1 heterocycles. The summed E-state index contributed by atoms with van der Waals surface area (Å²) in [6, 6.07) is 4.69. The van der Waals surface area contributed by atoms with Crippen LogP contribution in [0.2, 0.25) is 10.0 Å². The minimum atomic E-state index is -0.536. The first kappa shape index (κ1) is 20.5. The number of urea groups is 1. The van der Waals surface area contributed by atoms with Gasteiger partial charge in [-0.3, -0.25) is 14.9 Å². The maximum absolute atomic E-state index is 12.7. The van der Waals surface area contributed by atoms with E-state index < -0.39 is 11.9 Å².